The molecule has 0 unspecified atom stereocenters. The topological polar surface area (TPSA) is 46.2 Å². The minimum absolute atomic E-state index is 0.336. The molecule has 0 aliphatic heterocycles. The van der Waals surface area contributed by atoms with E-state index >= 15 is 0 Å². The maximum atomic E-state index is 12.6. The molecule has 3 rings (SSSR count). The van der Waals surface area contributed by atoms with Crippen LogP contribution in [-0.2, 0) is 15.6 Å². The van der Waals surface area contributed by atoms with Crippen molar-refractivity contribution < 1.29 is 8.42 Å². The Morgan fingerprint density at radius 2 is 1.70 bits per heavy atom. The van der Waals surface area contributed by atoms with Crippen molar-refractivity contribution in [2.45, 2.75) is 36.1 Å². The highest BCUT2D eigenvalue weighted by Crippen LogP contribution is 2.41. The molecule has 1 N–H and O–H groups in total. The van der Waals surface area contributed by atoms with E-state index in [0.29, 0.717) is 4.90 Å². The minimum atomic E-state index is -3.47. The minimum Gasteiger partial charge on any atom is -0.207 e. The molecule has 0 spiro atoms. The molecule has 0 atom stereocenters. The molecule has 106 valence electrons. The predicted octanol–water partition coefficient (Wildman–Crippen LogP) is 3.50. The number of hydrogen-bond donors (Lipinski definition) is 1. The lowest BCUT2D eigenvalue weighted by atomic mass is 9.97. The van der Waals surface area contributed by atoms with Crippen LogP contribution in [0, 0.1) is 0 Å². The van der Waals surface area contributed by atoms with Crippen LogP contribution in [0.3, 0.4) is 0 Å². The lowest BCUT2D eigenvalue weighted by molar-refractivity contribution is 0.412. The first kappa shape index (κ1) is 13.8. The molecular formula is C15H17NO2S2. The van der Waals surface area contributed by atoms with E-state index < -0.39 is 15.6 Å². The SMILES string of the molecule is O=S(=O)(NC1(c2cccs2)CCCC1)c1ccccc1. The van der Waals surface area contributed by atoms with Gasteiger partial charge in [0.2, 0.25) is 10.0 Å². The van der Waals surface area contributed by atoms with Crippen LogP contribution in [0.4, 0.5) is 0 Å². The standard InChI is InChI=1S/C15H17NO2S2/c17-20(18,13-7-2-1-3-8-13)16-15(10-4-5-11-15)14-9-6-12-19-14/h1-3,6-9,12,16H,4-5,10-11H2. The molecule has 1 saturated carbocycles. The van der Waals surface area contributed by atoms with Crippen LogP contribution in [0.2, 0.25) is 0 Å². The van der Waals surface area contributed by atoms with Crippen molar-refractivity contribution in [2.75, 3.05) is 0 Å². The Hall–Kier alpha value is -1.17. The van der Waals surface area contributed by atoms with Crippen molar-refractivity contribution in [2.24, 2.45) is 0 Å². The molecule has 1 aromatic heterocycles. The van der Waals surface area contributed by atoms with Gasteiger partial charge in [0, 0.05) is 4.88 Å². The fourth-order valence-electron chi connectivity index (χ4n) is 2.84. The van der Waals surface area contributed by atoms with Gasteiger partial charge in [0.1, 0.15) is 0 Å². The molecule has 1 aliphatic rings. The van der Waals surface area contributed by atoms with Crippen molar-refractivity contribution in [3.05, 3.63) is 52.7 Å². The Labute approximate surface area is 123 Å². The van der Waals surface area contributed by atoms with Crippen LogP contribution in [0.1, 0.15) is 30.6 Å². The molecule has 1 fully saturated rings. The molecule has 0 saturated heterocycles. The largest absolute Gasteiger partial charge is 0.241 e. The lowest BCUT2D eigenvalue weighted by Crippen LogP contribution is -2.43. The van der Waals surface area contributed by atoms with Gasteiger partial charge in [-0.2, -0.15) is 4.72 Å². The van der Waals surface area contributed by atoms with Crippen LogP contribution in [0.25, 0.3) is 0 Å². The summed E-state index contributed by atoms with van der Waals surface area (Å²) in [7, 11) is -3.47. The van der Waals surface area contributed by atoms with Gasteiger partial charge >= 0.3 is 0 Å². The van der Waals surface area contributed by atoms with Gasteiger partial charge < -0.3 is 0 Å². The zero-order valence-electron chi connectivity index (χ0n) is 11.1. The van der Waals surface area contributed by atoms with E-state index in [9.17, 15) is 8.42 Å². The molecule has 1 heterocycles. The van der Waals surface area contributed by atoms with Crippen molar-refractivity contribution >= 4 is 21.4 Å². The van der Waals surface area contributed by atoms with Crippen molar-refractivity contribution in [3.8, 4) is 0 Å². The quantitative estimate of drug-likeness (QED) is 0.939. The third kappa shape index (κ3) is 2.53. The zero-order chi connectivity index (χ0) is 14.1. The maximum absolute atomic E-state index is 12.6. The maximum Gasteiger partial charge on any atom is 0.241 e. The van der Waals surface area contributed by atoms with E-state index in [1.165, 1.54) is 0 Å². The van der Waals surface area contributed by atoms with Crippen molar-refractivity contribution in [1.29, 1.82) is 0 Å². The highest BCUT2D eigenvalue weighted by atomic mass is 32.2. The number of rotatable bonds is 4. The molecule has 3 nitrogen and oxygen atoms in total. The van der Waals surface area contributed by atoms with E-state index in [0.717, 1.165) is 30.6 Å². The van der Waals surface area contributed by atoms with Gasteiger partial charge in [-0.05, 0) is 36.4 Å². The molecule has 1 aromatic carbocycles. The first-order chi connectivity index (χ1) is 9.62. The summed E-state index contributed by atoms with van der Waals surface area (Å²) in [5.41, 5.74) is -0.414. The summed E-state index contributed by atoms with van der Waals surface area (Å²) in [5.74, 6) is 0. The molecule has 0 radical (unpaired) electrons. The first-order valence-electron chi connectivity index (χ1n) is 6.75. The van der Waals surface area contributed by atoms with E-state index in [4.69, 9.17) is 0 Å². The third-order valence-corrected chi connectivity index (χ3v) is 6.46. The van der Waals surface area contributed by atoms with E-state index in [1.54, 1.807) is 35.6 Å². The summed E-state index contributed by atoms with van der Waals surface area (Å²) in [5, 5.41) is 2.01. The van der Waals surface area contributed by atoms with Gasteiger partial charge in [-0.15, -0.1) is 11.3 Å². The van der Waals surface area contributed by atoms with Gasteiger partial charge in [-0.3, -0.25) is 0 Å². The summed E-state index contributed by atoms with van der Waals surface area (Å²) in [6.45, 7) is 0. The summed E-state index contributed by atoms with van der Waals surface area (Å²) < 4.78 is 28.1. The van der Waals surface area contributed by atoms with Crippen LogP contribution in [0.5, 0.6) is 0 Å². The lowest BCUT2D eigenvalue weighted by Gasteiger charge is -2.29. The summed E-state index contributed by atoms with van der Waals surface area (Å²) in [4.78, 5) is 1.46. The summed E-state index contributed by atoms with van der Waals surface area (Å²) >= 11 is 1.63. The Kier molecular flexibility index (Phi) is 3.67. The van der Waals surface area contributed by atoms with Crippen molar-refractivity contribution in [3.63, 3.8) is 0 Å². The zero-order valence-corrected chi connectivity index (χ0v) is 12.7. The Morgan fingerprint density at radius 1 is 1.00 bits per heavy atom. The monoisotopic (exact) mass is 307 g/mol. The van der Waals surface area contributed by atoms with Gasteiger partial charge in [0.25, 0.3) is 0 Å². The normalized spacial score (nSPS) is 18.2. The molecular weight excluding hydrogens is 290 g/mol. The first-order valence-corrected chi connectivity index (χ1v) is 9.12. The molecule has 20 heavy (non-hydrogen) atoms. The molecule has 1 aliphatic carbocycles. The van der Waals surface area contributed by atoms with Crippen molar-refractivity contribution in [1.82, 2.24) is 4.72 Å². The number of sulfonamides is 1. The average molecular weight is 307 g/mol. The fourth-order valence-corrected chi connectivity index (χ4v) is 5.31. The molecule has 5 heteroatoms. The second kappa shape index (κ2) is 5.31. The van der Waals surface area contributed by atoms with Gasteiger partial charge in [0.05, 0.1) is 10.4 Å². The molecule has 2 aromatic rings. The highest BCUT2D eigenvalue weighted by molar-refractivity contribution is 7.89. The number of thiophene rings is 1. The number of nitrogens with one attached hydrogen (secondary N) is 1. The summed E-state index contributed by atoms with van der Waals surface area (Å²) in [6.07, 6.45) is 3.88. The van der Waals surface area contributed by atoms with Gasteiger partial charge in [0.15, 0.2) is 0 Å². The molecule has 0 amide bonds. The summed E-state index contributed by atoms with van der Waals surface area (Å²) in [6, 6.07) is 12.6. The third-order valence-electron chi connectivity index (χ3n) is 3.83. The highest BCUT2D eigenvalue weighted by Gasteiger charge is 2.40. The second-order valence-corrected chi connectivity index (χ2v) is 7.82. The Bertz CT molecular complexity index is 657. The Morgan fingerprint density at radius 3 is 2.30 bits per heavy atom. The fraction of sp³-hybridized carbons (Fsp3) is 0.333. The van der Waals surface area contributed by atoms with Gasteiger partial charge in [-0.25, -0.2) is 8.42 Å². The van der Waals surface area contributed by atoms with Crippen LogP contribution >= 0.6 is 11.3 Å². The van der Waals surface area contributed by atoms with Crippen LogP contribution in [-0.4, -0.2) is 8.42 Å². The van der Waals surface area contributed by atoms with E-state index in [2.05, 4.69) is 4.72 Å². The smallest absolute Gasteiger partial charge is 0.207 e. The van der Waals surface area contributed by atoms with Gasteiger partial charge in [-0.1, -0.05) is 37.1 Å². The number of benzene rings is 1. The second-order valence-electron chi connectivity index (χ2n) is 5.19. The number of hydrogen-bond acceptors (Lipinski definition) is 3. The molecule has 0 bridgehead atoms. The van der Waals surface area contributed by atoms with E-state index in [1.807, 2.05) is 23.6 Å². The predicted molar refractivity (Wildman–Crippen MR) is 81.2 cm³/mol. The van der Waals surface area contributed by atoms with Crippen LogP contribution in [0.15, 0.2) is 52.7 Å². The van der Waals surface area contributed by atoms with Crippen LogP contribution < -0.4 is 4.72 Å². The average Bonchev–Trinajstić information content (AvgIpc) is 3.10. The van der Waals surface area contributed by atoms with E-state index in [-0.39, 0.29) is 0 Å². The Balaban J connectivity index is 1.96.